The quantitative estimate of drug-likeness (QED) is 0.660. The van der Waals surface area contributed by atoms with Gasteiger partial charge in [-0.3, -0.25) is 9.59 Å². The zero-order chi connectivity index (χ0) is 13.5. The van der Waals surface area contributed by atoms with Crippen molar-refractivity contribution < 1.29 is 14.7 Å². The molecule has 1 fully saturated rings. The van der Waals surface area contributed by atoms with Gasteiger partial charge in [0.2, 0.25) is 5.91 Å². The van der Waals surface area contributed by atoms with Crippen LogP contribution in [0.4, 0.5) is 0 Å². The maximum Gasteiger partial charge on any atom is 0.306 e. The van der Waals surface area contributed by atoms with Crippen LogP contribution in [0, 0.1) is 17.8 Å². The molecular formula is C13H24N2O3. The Hall–Kier alpha value is -1.10. The molecule has 104 valence electrons. The Morgan fingerprint density at radius 3 is 2.44 bits per heavy atom. The third-order valence-electron chi connectivity index (χ3n) is 3.85. The molecule has 1 rings (SSSR count). The Labute approximate surface area is 108 Å². The highest BCUT2D eigenvalue weighted by atomic mass is 16.4. The third-order valence-corrected chi connectivity index (χ3v) is 3.85. The second-order valence-electron chi connectivity index (χ2n) is 5.27. The minimum absolute atomic E-state index is 0.0723. The average Bonchev–Trinajstić information content (AvgIpc) is 2.38. The SMILES string of the molecule is CC(CCNC(=O)C1CCC(CN)CC1)C(=O)O. The van der Waals surface area contributed by atoms with Gasteiger partial charge in [-0.1, -0.05) is 6.92 Å². The predicted octanol–water partition coefficient (Wildman–Crippen LogP) is 0.979. The Kier molecular flexibility index (Phi) is 6.12. The molecule has 0 aromatic heterocycles. The summed E-state index contributed by atoms with van der Waals surface area (Å²) in [4.78, 5) is 22.5. The van der Waals surface area contributed by atoms with Gasteiger partial charge in [-0.15, -0.1) is 0 Å². The van der Waals surface area contributed by atoms with E-state index in [2.05, 4.69) is 5.32 Å². The molecule has 0 aliphatic heterocycles. The van der Waals surface area contributed by atoms with Crippen LogP contribution in [0.25, 0.3) is 0 Å². The van der Waals surface area contributed by atoms with Gasteiger partial charge in [0.05, 0.1) is 5.92 Å². The number of amides is 1. The van der Waals surface area contributed by atoms with Gasteiger partial charge in [-0.05, 0) is 44.6 Å². The molecule has 5 nitrogen and oxygen atoms in total. The lowest BCUT2D eigenvalue weighted by Crippen LogP contribution is -2.35. The summed E-state index contributed by atoms with van der Waals surface area (Å²) in [6, 6.07) is 0. The first-order valence-electron chi connectivity index (χ1n) is 6.75. The van der Waals surface area contributed by atoms with E-state index >= 15 is 0 Å². The number of aliphatic carboxylic acids is 1. The monoisotopic (exact) mass is 256 g/mol. The lowest BCUT2D eigenvalue weighted by Gasteiger charge is -2.26. The zero-order valence-electron chi connectivity index (χ0n) is 11.0. The van der Waals surface area contributed by atoms with E-state index in [1.54, 1.807) is 6.92 Å². The summed E-state index contributed by atoms with van der Waals surface area (Å²) in [5.74, 6) is -0.483. The van der Waals surface area contributed by atoms with Crippen LogP contribution < -0.4 is 11.1 Å². The van der Waals surface area contributed by atoms with Gasteiger partial charge in [-0.2, -0.15) is 0 Å². The molecule has 5 heteroatoms. The minimum atomic E-state index is -0.812. The molecule has 0 spiro atoms. The molecule has 0 heterocycles. The summed E-state index contributed by atoms with van der Waals surface area (Å²) < 4.78 is 0. The maximum atomic E-state index is 11.9. The van der Waals surface area contributed by atoms with Crippen LogP contribution >= 0.6 is 0 Å². The van der Waals surface area contributed by atoms with Crippen molar-refractivity contribution >= 4 is 11.9 Å². The highest BCUT2D eigenvalue weighted by Gasteiger charge is 2.25. The Morgan fingerprint density at radius 1 is 1.33 bits per heavy atom. The summed E-state index contributed by atoms with van der Waals surface area (Å²) in [7, 11) is 0. The number of hydrogen-bond donors (Lipinski definition) is 3. The standard InChI is InChI=1S/C13H24N2O3/c1-9(13(17)18)6-7-15-12(16)11-4-2-10(8-14)3-5-11/h9-11H,2-8,14H2,1H3,(H,15,16)(H,17,18). The van der Waals surface area contributed by atoms with Crippen LogP contribution in [0.15, 0.2) is 0 Å². The molecule has 1 aliphatic carbocycles. The van der Waals surface area contributed by atoms with Crippen LogP contribution in [0.2, 0.25) is 0 Å². The summed E-state index contributed by atoms with van der Waals surface area (Å²) in [5.41, 5.74) is 5.61. The lowest BCUT2D eigenvalue weighted by molar-refractivity contribution is -0.141. The first kappa shape index (κ1) is 15.0. The number of carboxylic acid groups (broad SMARTS) is 1. The van der Waals surface area contributed by atoms with Crippen LogP contribution in [-0.2, 0) is 9.59 Å². The molecule has 4 N–H and O–H groups in total. The molecule has 1 unspecified atom stereocenters. The summed E-state index contributed by atoms with van der Waals surface area (Å²) >= 11 is 0. The highest BCUT2D eigenvalue weighted by molar-refractivity contribution is 5.78. The van der Waals surface area contributed by atoms with E-state index in [0.29, 0.717) is 25.4 Å². The number of carboxylic acids is 1. The van der Waals surface area contributed by atoms with Crippen molar-refractivity contribution in [2.24, 2.45) is 23.5 Å². The smallest absolute Gasteiger partial charge is 0.306 e. The van der Waals surface area contributed by atoms with Crippen LogP contribution in [0.1, 0.15) is 39.0 Å². The van der Waals surface area contributed by atoms with E-state index in [4.69, 9.17) is 10.8 Å². The molecule has 1 atom stereocenters. The normalized spacial score (nSPS) is 25.4. The van der Waals surface area contributed by atoms with Gasteiger partial charge in [0.15, 0.2) is 0 Å². The molecule has 0 bridgehead atoms. The van der Waals surface area contributed by atoms with Crippen LogP contribution in [0.5, 0.6) is 0 Å². The summed E-state index contributed by atoms with van der Waals surface area (Å²) in [6.07, 6.45) is 4.35. The van der Waals surface area contributed by atoms with E-state index in [9.17, 15) is 9.59 Å². The average molecular weight is 256 g/mol. The molecule has 1 aliphatic rings. The van der Waals surface area contributed by atoms with E-state index in [1.807, 2.05) is 0 Å². The number of rotatable bonds is 6. The van der Waals surface area contributed by atoms with E-state index in [0.717, 1.165) is 25.7 Å². The first-order chi connectivity index (χ1) is 8.54. The van der Waals surface area contributed by atoms with Crippen molar-refractivity contribution in [3.8, 4) is 0 Å². The molecule has 1 saturated carbocycles. The lowest BCUT2D eigenvalue weighted by atomic mass is 9.81. The fourth-order valence-electron chi connectivity index (χ4n) is 2.34. The van der Waals surface area contributed by atoms with Gasteiger partial charge in [0.25, 0.3) is 0 Å². The molecule has 18 heavy (non-hydrogen) atoms. The fraction of sp³-hybridized carbons (Fsp3) is 0.846. The number of carbonyl (C=O) groups excluding carboxylic acids is 1. The maximum absolute atomic E-state index is 11.9. The Bertz CT molecular complexity index is 286. The van der Waals surface area contributed by atoms with Gasteiger partial charge in [0.1, 0.15) is 0 Å². The molecule has 0 saturated heterocycles. The second kappa shape index (κ2) is 7.36. The van der Waals surface area contributed by atoms with E-state index in [1.165, 1.54) is 0 Å². The van der Waals surface area contributed by atoms with Crippen molar-refractivity contribution in [2.75, 3.05) is 13.1 Å². The molecule has 0 aromatic carbocycles. The van der Waals surface area contributed by atoms with Crippen molar-refractivity contribution in [1.82, 2.24) is 5.32 Å². The van der Waals surface area contributed by atoms with Gasteiger partial charge >= 0.3 is 5.97 Å². The second-order valence-corrected chi connectivity index (χ2v) is 5.27. The van der Waals surface area contributed by atoms with Crippen molar-refractivity contribution in [2.45, 2.75) is 39.0 Å². The van der Waals surface area contributed by atoms with Gasteiger partial charge in [0, 0.05) is 12.5 Å². The van der Waals surface area contributed by atoms with Crippen molar-refractivity contribution in [3.05, 3.63) is 0 Å². The minimum Gasteiger partial charge on any atom is -0.481 e. The number of hydrogen-bond acceptors (Lipinski definition) is 3. The van der Waals surface area contributed by atoms with Crippen LogP contribution in [0.3, 0.4) is 0 Å². The summed E-state index contributed by atoms with van der Waals surface area (Å²) in [6.45, 7) is 2.81. The fourth-order valence-corrected chi connectivity index (χ4v) is 2.34. The third kappa shape index (κ3) is 4.64. The molecule has 0 aromatic rings. The Morgan fingerprint density at radius 2 is 1.94 bits per heavy atom. The largest absolute Gasteiger partial charge is 0.481 e. The van der Waals surface area contributed by atoms with Crippen molar-refractivity contribution in [3.63, 3.8) is 0 Å². The molecule has 1 amide bonds. The summed E-state index contributed by atoms with van der Waals surface area (Å²) in [5, 5.41) is 11.6. The first-order valence-corrected chi connectivity index (χ1v) is 6.75. The number of nitrogens with two attached hydrogens (primary N) is 1. The zero-order valence-corrected chi connectivity index (χ0v) is 11.0. The molecular weight excluding hydrogens is 232 g/mol. The highest BCUT2D eigenvalue weighted by Crippen LogP contribution is 2.28. The predicted molar refractivity (Wildman–Crippen MR) is 68.9 cm³/mol. The van der Waals surface area contributed by atoms with Crippen molar-refractivity contribution in [1.29, 1.82) is 0 Å². The van der Waals surface area contributed by atoms with Gasteiger partial charge < -0.3 is 16.2 Å². The Balaban J connectivity index is 2.19. The van der Waals surface area contributed by atoms with E-state index in [-0.39, 0.29) is 11.8 Å². The van der Waals surface area contributed by atoms with E-state index < -0.39 is 11.9 Å². The van der Waals surface area contributed by atoms with Crippen LogP contribution in [-0.4, -0.2) is 30.1 Å². The number of carbonyl (C=O) groups is 2. The van der Waals surface area contributed by atoms with Gasteiger partial charge in [-0.25, -0.2) is 0 Å². The topological polar surface area (TPSA) is 92.4 Å². The molecule has 0 radical (unpaired) electrons. The number of nitrogens with one attached hydrogen (secondary N) is 1.